The lowest BCUT2D eigenvalue weighted by Crippen LogP contribution is -2.48. The van der Waals surface area contributed by atoms with E-state index in [0.717, 1.165) is 0 Å². The third kappa shape index (κ3) is 3.45. The SMILES string of the molecule is CC(C)C1OCCC1C(=O)N[C@@H](C(=O)O)C(C)C. The molecule has 1 aliphatic rings. The molecule has 0 radical (unpaired) electrons. The molecule has 2 unspecified atom stereocenters. The van der Waals surface area contributed by atoms with Crippen LogP contribution < -0.4 is 5.32 Å². The maximum Gasteiger partial charge on any atom is 0.326 e. The molecule has 104 valence electrons. The zero-order chi connectivity index (χ0) is 13.9. The zero-order valence-electron chi connectivity index (χ0n) is 11.5. The van der Waals surface area contributed by atoms with Gasteiger partial charge in [-0.3, -0.25) is 4.79 Å². The molecule has 18 heavy (non-hydrogen) atoms. The minimum absolute atomic E-state index is 0.105. The lowest BCUT2D eigenvalue weighted by Gasteiger charge is -2.24. The topological polar surface area (TPSA) is 75.6 Å². The first-order valence-corrected chi connectivity index (χ1v) is 6.49. The maximum absolute atomic E-state index is 12.1. The predicted molar refractivity (Wildman–Crippen MR) is 67.1 cm³/mol. The monoisotopic (exact) mass is 257 g/mol. The first-order valence-electron chi connectivity index (χ1n) is 6.49. The summed E-state index contributed by atoms with van der Waals surface area (Å²) in [5.41, 5.74) is 0. The highest BCUT2D eigenvalue weighted by molar-refractivity contribution is 5.85. The number of carbonyl (C=O) groups excluding carboxylic acids is 1. The summed E-state index contributed by atoms with van der Waals surface area (Å²) >= 11 is 0. The Kier molecular flexibility index (Phi) is 5.14. The molecule has 0 aliphatic carbocycles. The van der Waals surface area contributed by atoms with Crippen molar-refractivity contribution in [2.45, 2.75) is 46.3 Å². The minimum Gasteiger partial charge on any atom is -0.480 e. The molecule has 0 aromatic carbocycles. The number of carboxylic acids is 1. The van der Waals surface area contributed by atoms with Gasteiger partial charge in [0.15, 0.2) is 0 Å². The van der Waals surface area contributed by atoms with Crippen molar-refractivity contribution in [2.24, 2.45) is 17.8 Å². The van der Waals surface area contributed by atoms with Gasteiger partial charge in [-0.1, -0.05) is 27.7 Å². The normalized spacial score (nSPS) is 25.4. The molecule has 0 spiro atoms. The van der Waals surface area contributed by atoms with Crippen molar-refractivity contribution in [3.63, 3.8) is 0 Å². The lowest BCUT2D eigenvalue weighted by molar-refractivity contribution is -0.144. The summed E-state index contributed by atoms with van der Waals surface area (Å²) in [6, 6.07) is -0.828. The average molecular weight is 257 g/mol. The minimum atomic E-state index is -0.988. The smallest absolute Gasteiger partial charge is 0.326 e. The number of hydrogen-bond donors (Lipinski definition) is 2. The van der Waals surface area contributed by atoms with E-state index in [9.17, 15) is 9.59 Å². The Morgan fingerprint density at radius 1 is 1.28 bits per heavy atom. The summed E-state index contributed by atoms with van der Waals surface area (Å²) in [6.45, 7) is 8.15. The molecule has 1 fully saturated rings. The molecule has 0 saturated carbocycles. The highest BCUT2D eigenvalue weighted by Crippen LogP contribution is 2.27. The van der Waals surface area contributed by atoms with Crippen LogP contribution in [0, 0.1) is 17.8 Å². The third-order valence-electron chi connectivity index (χ3n) is 3.36. The van der Waals surface area contributed by atoms with Crippen LogP contribution in [0.5, 0.6) is 0 Å². The largest absolute Gasteiger partial charge is 0.480 e. The van der Waals surface area contributed by atoms with Gasteiger partial charge in [-0.05, 0) is 18.3 Å². The van der Waals surface area contributed by atoms with Crippen molar-refractivity contribution in [1.82, 2.24) is 5.32 Å². The fourth-order valence-corrected chi connectivity index (χ4v) is 2.32. The predicted octanol–water partition coefficient (Wildman–Crippen LogP) is 1.27. The number of aliphatic carboxylic acids is 1. The van der Waals surface area contributed by atoms with Crippen LogP contribution in [0.15, 0.2) is 0 Å². The highest BCUT2D eigenvalue weighted by Gasteiger charge is 2.37. The number of carboxylic acid groups (broad SMARTS) is 1. The molecule has 0 aromatic heterocycles. The van der Waals surface area contributed by atoms with Crippen LogP contribution in [0.1, 0.15) is 34.1 Å². The van der Waals surface area contributed by atoms with Crippen LogP contribution >= 0.6 is 0 Å². The van der Waals surface area contributed by atoms with Gasteiger partial charge in [0.05, 0.1) is 12.0 Å². The molecule has 1 rings (SSSR count). The zero-order valence-corrected chi connectivity index (χ0v) is 11.5. The van der Waals surface area contributed by atoms with E-state index in [1.165, 1.54) is 0 Å². The Hall–Kier alpha value is -1.10. The van der Waals surface area contributed by atoms with Crippen LogP contribution in [0.25, 0.3) is 0 Å². The van der Waals surface area contributed by atoms with Gasteiger partial charge in [0.25, 0.3) is 0 Å². The van der Waals surface area contributed by atoms with Crippen molar-refractivity contribution >= 4 is 11.9 Å². The van der Waals surface area contributed by atoms with Crippen molar-refractivity contribution in [3.8, 4) is 0 Å². The molecule has 3 atom stereocenters. The standard InChI is InChI=1S/C13H23NO4/c1-7(2)10(13(16)17)14-12(15)9-5-6-18-11(9)8(3)4/h7-11H,5-6H2,1-4H3,(H,14,15)(H,16,17)/t9?,10-,11?/m1/s1. The lowest BCUT2D eigenvalue weighted by atomic mass is 9.91. The summed E-state index contributed by atoms with van der Waals surface area (Å²) in [5.74, 6) is -1.30. The van der Waals surface area contributed by atoms with Gasteiger partial charge in [-0.25, -0.2) is 4.79 Å². The number of amides is 1. The quantitative estimate of drug-likeness (QED) is 0.777. The number of ether oxygens (including phenoxy) is 1. The van der Waals surface area contributed by atoms with Gasteiger partial charge in [0, 0.05) is 6.61 Å². The molecule has 2 N–H and O–H groups in total. The number of carbonyl (C=O) groups is 2. The van der Waals surface area contributed by atoms with E-state index in [1.54, 1.807) is 13.8 Å². The Morgan fingerprint density at radius 2 is 1.89 bits per heavy atom. The summed E-state index contributed by atoms with van der Waals surface area (Å²) in [7, 11) is 0. The first-order chi connectivity index (χ1) is 8.34. The van der Waals surface area contributed by atoms with E-state index in [2.05, 4.69) is 5.32 Å². The van der Waals surface area contributed by atoms with Gasteiger partial charge < -0.3 is 15.2 Å². The van der Waals surface area contributed by atoms with Crippen LogP contribution in [0.4, 0.5) is 0 Å². The van der Waals surface area contributed by atoms with E-state index >= 15 is 0 Å². The summed E-state index contributed by atoms with van der Waals surface area (Å²) < 4.78 is 5.54. The van der Waals surface area contributed by atoms with Gasteiger partial charge in [-0.2, -0.15) is 0 Å². The highest BCUT2D eigenvalue weighted by atomic mass is 16.5. The van der Waals surface area contributed by atoms with Gasteiger partial charge >= 0.3 is 5.97 Å². The van der Waals surface area contributed by atoms with Crippen molar-refractivity contribution in [2.75, 3.05) is 6.61 Å². The van der Waals surface area contributed by atoms with Crippen molar-refractivity contribution < 1.29 is 19.4 Å². The van der Waals surface area contributed by atoms with E-state index in [4.69, 9.17) is 9.84 Å². The molecular weight excluding hydrogens is 234 g/mol. The van der Waals surface area contributed by atoms with Crippen LogP contribution in [0.3, 0.4) is 0 Å². The number of hydrogen-bond acceptors (Lipinski definition) is 3. The molecule has 1 heterocycles. The van der Waals surface area contributed by atoms with Gasteiger partial charge in [0.1, 0.15) is 6.04 Å². The molecule has 1 saturated heterocycles. The number of nitrogens with one attached hydrogen (secondary N) is 1. The van der Waals surface area contributed by atoms with E-state index in [0.29, 0.717) is 13.0 Å². The van der Waals surface area contributed by atoms with Gasteiger partial charge in [-0.15, -0.1) is 0 Å². The van der Waals surface area contributed by atoms with Crippen molar-refractivity contribution in [1.29, 1.82) is 0 Å². The second-order valence-electron chi connectivity index (χ2n) is 5.54. The van der Waals surface area contributed by atoms with Gasteiger partial charge in [0.2, 0.25) is 5.91 Å². The Balaban J connectivity index is 2.66. The average Bonchev–Trinajstić information content (AvgIpc) is 2.73. The van der Waals surface area contributed by atoms with Crippen LogP contribution in [0.2, 0.25) is 0 Å². The fraction of sp³-hybridized carbons (Fsp3) is 0.846. The molecule has 0 bridgehead atoms. The van der Waals surface area contributed by atoms with Crippen LogP contribution in [-0.4, -0.2) is 35.7 Å². The molecule has 5 nitrogen and oxygen atoms in total. The molecular formula is C13H23NO4. The van der Waals surface area contributed by atoms with E-state index < -0.39 is 12.0 Å². The summed E-state index contributed by atoms with van der Waals surface area (Å²) in [5, 5.41) is 11.7. The second kappa shape index (κ2) is 6.18. The second-order valence-corrected chi connectivity index (χ2v) is 5.54. The number of rotatable bonds is 5. The molecule has 1 amide bonds. The fourth-order valence-electron chi connectivity index (χ4n) is 2.32. The molecule has 1 aliphatic heterocycles. The maximum atomic E-state index is 12.1. The molecule has 5 heteroatoms. The molecule has 0 aromatic rings. The Labute approximate surface area is 108 Å². The Bertz CT molecular complexity index is 314. The summed E-state index contributed by atoms with van der Waals surface area (Å²) in [4.78, 5) is 23.2. The van der Waals surface area contributed by atoms with E-state index in [1.807, 2.05) is 13.8 Å². The Morgan fingerprint density at radius 3 is 2.33 bits per heavy atom. The van der Waals surface area contributed by atoms with E-state index in [-0.39, 0.29) is 29.8 Å². The summed E-state index contributed by atoms with van der Waals surface area (Å²) in [6.07, 6.45) is 0.561. The van der Waals surface area contributed by atoms with Crippen LogP contribution in [-0.2, 0) is 14.3 Å². The van der Waals surface area contributed by atoms with Crippen molar-refractivity contribution in [3.05, 3.63) is 0 Å². The first kappa shape index (κ1) is 15.0. The third-order valence-corrected chi connectivity index (χ3v) is 3.36.